The van der Waals surface area contributed by atoms with Crippen LogP contribution in [0.15, 0.2) is 71.3 Å². The van der Waals surface area contributed by atoms with Gasteiger partial charge in [0.1, 0.15) is 0 Å². The Morgan fingerprint density at radius 2 is 1.80 bits per heavy atom. The van der Waals surface area contributed by atoms with E-state index in [0.717, 1.165) is 19.6 Å². The second kappa shape index (κ2) is 7.24. The first-order valence-electron chi connectivity index (χ1n) is 9.10. The van der Waals surface area contributed by atoms with Crippen LogP contribution in [0.4, 0.5) is 0 Å². The zero-order valence-electron chi connectivity index (χ0n) is 14.6. The highest BCUT2D eigenvalue weighted by atomic mass is 16.5. The van der Waals surface area contributed by atoms with Gasteiger partial charge >= 0.3 is 0 Å². The number of rotatable bonds is 4. The van der Waals surface area contributed by atoms with E-state index < -0.39 is 0 Å². The van der Waals surface area contributed by atoms with Crippen LogP contribution in [0.1, 0.15) is 30.5 Å². The average Bonchev–Trinajstić information content (AvgIpc) is 3.03. The molecule has 3 nitrogen and oxygen atoms in total. The van der Waals surface area contributed by atoms with Crippen LogP contribution in [0, 0.1) is 5.92 Å². The highest BCUT2D eigenvalue weighted by Crippen LogP contribution is 2.40. The van der Waals surface area contributed by atoms with Crippen molar-refractivity contribution >= 4 is 11.8 Å². The van der Waals surface area contributed by atoms with Crippen molar-refractivity contribution in [1.29, 1.82) is 0 Å². The summed E-state index contributed by atoms with van der Waals surface area (Å²) in [5.41, 5.74) is 4.94. The zero-order chi connectivity index (χ0) is 17.1. The molecule has 2 aromatic carbocycles. The van der Waals surface area contributed by atoms with E-state index in [9.17, 15) is 0 Å². The fourth-order valence-corrected chi connectivity index (χ4v) is 3.81. The van der Waals surface area contributed by atoms with Crippen LogP contribution in [-0.2, 0) is 4.74 Å². The molecule has 2 aromatic rings. The SMILES string of the molecule is CCCN1N=C2C(=Cc3ccccc3)COCC2C1c1ccccc1. The Balaban J connectivity index is 1.70. The van der Waals surface area contributed by atoms with Gasteiger partial charge in [0.2, 0.25) is 0 Å². The van der Waals surface area contributed by atoms with Gasteiger partial charge in [0.15, 0.2) is 0 Å². The minimum Gasteiger partial charge on any atom is -0.376 e. The Morgan fingerprint density at radius 3 is 2.52 bits per heavy atom. The molecular weight excluding hydrogens is 308 g/mol. The first-order chi connectivity index (χ1) is 12.4. The number of nitrogens with zero attached hydrogens (tertiary/aromatic N) is 2. The summed E-state index contributed by atoms with van der Waals surface area (Å²) in [6, 6.07) is 21.4. The summed E-state index contributed by atoms with van der Waals surface area (Å²) in [4.78, 5) is 0. The number of hydrogen-bond donors (Lipinski definition) is 0. The van der Waals surface area contributed by atoms with Gasteiger partial charge in [-0.05, 0) is 23.6 Å². The molecule has 1 saturated heterocycles. The van der Waals surface area contributed by atoms with Crippen LogP contribution in [-0.4, -0.2) is 30.5 Å². The molecule has 0 aromatic heterocycles. The minimum absolute atomic E-state index is 0.274. The highest BCUT2D eigenvalue weighted by Gasteiger charge is 2.41. The van der Waals surface area contributed by atoms with Gasteiger partial charge in [-0.2, -0.15) is 5.10 Å². The van der Waals surface area contributed by atoms with E-state index >= 15 is 0 Å². The molecule has 0 spiro atoms. The molecule has 2 aliphatic rings. The van der Waals surface area contributed by atoms with Crippen molar-refractivity contribution in [3.63, 3.8) is 0 Å². The van der Waals surface area contributed by atoms with E-state index in [1.807, 2.05) is 6.07 Å². The fraction of sp³-hybridized carbons (Fsp3) is 0.318. The van der Waals surface area contributed by atoms with Gasteiger partial charge in [0.05, 0.1) is 30.9 Å². The Bertz CT molecular complexity index is 767. The lowest BCUT2D eigenvalue weighted by Crippen LogP contribution is -2.33. The first kappa shape index (κ1) is 16.1. The smallest absolute Gasteiger partial charge is 0.0826 e. The summed E-state index contributed by atoms with van der Waals surface area (Å²) < 4.78 is 5.97. The molecule has 128 valence electrons. The summed E-state index contributed by atoms with van der Waals surface area (Å²) in [5, 5.41) is 7.30. The third kappa shape index (κ3) is 3.24. The fourth-order valence-electron chi connectivity index (χ4n) is 3.81. The van der Waals surface area contributed by atoms with E-state index in [4.69, 9.17) is 9.84 Å². The molecule has 0 saturated carbocycles. The van der Waals surface area contributed by atoms with Crippen molar-refractivity contribution in [1.82, 2.24) is 5.01 Å². The second-order valence-electron chi connectivity index (χ2n) is 6.71. The quantitative estimate of drug-likeness (QED) is 0.821. The molecule has 2 aliphatic heterocycles. The lowest BCUT2D eigenvalue weighted by atomic mass is 9.85. The molecule has 0 aliphatic carbocycles. The van der Waals surface area contributed by atoms with Gasteiger partial charge in [-0.1, -0.05) is 67.6 Å². The highest BCUT2D eigenvalue weighted by molar-refractivity contribution is 6.07. The summed E-state index contributed by atoms with van der Waals surface area (Å²) in [7, 11) is 0. The normalized spacial score (nSPS) is 24.3. The van der Waals surface area contributed by atoms with Crippen LogP contribution < -0.4 is 0 Å². The molecule has 1 fully saturated rings. The molecule has 3 heteroatoms. The standard InChI is InChI=1S/C22H24N2O/c1-2-13-24-22(18-11-7-4-8-12-18)20-16-25-15-19(21(20)23-24)14-17-9-5-3-6-10-17/h3-12,14,20,22H,2,13,15-16H2,1H3. The van der Waals surface area contributed by atoms with Gasteiger partial charge in [0.25, 0.3) is 0 Å². The molecule has 2 unspecified atom stereocenters. The summed E-state index contributed by atoms with van der Waals surface area (Å²) in [5.74, 6) is 0.303. The summed E-state index contributed by atoms with van der Waals surface area (Å²) in [6.07, 6.45) is 3.31. The Morgan fingerprint density at radius 1 is 1.08 bits per heavy atom. The van der Waals surface area contributed by atoms with Crippen molar-refractivity contribution in [2.75, 3.05) is 19.8 Å². The Labute approximate surface area is 149 Å². The number of fused-ring (bicyclic) bond motifs is 1. The number of benzene rings is 2. The molecule has 0 amide bonds. The number of ether oxygens (including phenoxy) is 1. The van der Waals surface area contributed by atoms with Crippen molar-refractivity contribution < 1.29 is 4.74 Å². The lowest BCUT2D eigenvalue weighted by molar-refractivity contribution is 0.0950. The van der Waals surface area contributed by atoms with Crippen LogP contribution in [0.2, 0.25) is 0 Å². The van der Waals surface area contributed by atoms with Gasteiger partial charge in [-0.15, -0.1) is 0 Å². The van der Waals surface area contributed by atoms with E-state index in [0.29, 0.717) is 12.5 Å². The largest absolute Gasteiger partial charge is 0.376 e. The van der Waals surface area contributed by atoms with Crippen LogP contribution >= 0.6 is 0 Å². The van der Waals surface area contributed by atoms with Crippen molar-refractivity contribution in [3.05, 3.63) is 77.4 Å². The summed E-state index contributed by atoms with van der Waals surface area (Å²) in [6.45, 7) is 4.57. The minimum atomic E-state index is 0.274. The van der Waals surface area contributed by atoms with Gasteiger partial charge < -0.3 is 4.74 Å². The van der Waals surface area contributed by atoms with Gasteiger partial charge in [-0.25, -0.2) is 0 Å². The summed E-state index contributed by atoms with van der Waals surface area (Å²) >= 11 is 0. The molecule has 2 atom stereocenters. The topological polar surface area (TPSA) is 24.8 Å². The van der Waals surface area contributed by atoms with E-state index in [2.05, 4.69) is 72.6 Å². The van der Waals surface area contributed by atoms with Crippen molar-refractivity contribution in [3.8, 4) is 0 Å². The van der Waals surface area contributed by atoms with E-state index in [1.165, 1.54) is 22.4 Å². The van der Waals surface area contributed by atoms with Gasteiger partial charge in [0, 0.05) is 12.1 Å². The zero-order valence-corrected chi connectivity index (χ0v) is 14.6. The number of hydrazone groups is 1. The predicted molar refractivity (Wildman–Crippen MR) is 102 cm³/mol. The van der Waals surface area contributed by atoms with Crippen molar-refractivity contribution in [2.24, 2.45) is 11.0 Å². The molecule has 2 heterocycles. The third-order valence-corrected chi connectivity index (χ3v) is 4.91. The van der Waals surface area contributed by atoms with Gasteiger partial charge in [-0.3, -0.25) is 5.01 Å². The van der Waals surface area contributed by atoms with Crippen LogP contribution in [0.3, 0.4) is 0 Å². The molecular formula is C22H24N2O. The maximum Gasteiger partial charge on any atom is 0.0826 e. The molecule has 0 radical (unpaired) electrons. The van der Waals surface area contributed by atoms with Crippen LogP contribution in [0.5, 0.6) is 0 Å². The molecule has 0 N–H and O–H groups in total. The lowest BCUT2D eigenvalue weighted by Gasteiger charge is -2.30. The Hall–Kier alpha value is -2.39. The monoisotopic (exact) mass is 332 g/mol. The van der Waals surface area contributed by atoms with E-state index in [-0.39, 0.29) is 6.04 Å². The molecule has 4 rings (SSSR count). The maximum atomic E-state index is 5.97. The van der Waals surface area contributed by atoms with Crippen LogP contribution in [0.25, 0.3) is 6.08 Å². The maximum absolute atomic E-state index is 5.97. The Kier molecular flexibility index (Phi) is 4.66. The average molecular weight is 332 g/mol. The van der Waals surface area contributed by atoms with Crippen molar-refractivity contribution in [2.45, 2.75) is 19.4 Å². The first-order valence-corrected chi connectivity index (χ1v) is 9.10. The number of hydrogen-bond acceptors (Lipinski definition) is 3. The second-order valence-corrected chi connectivity index (χ2v) is 6.71. The molecule has 25 heavy (non-hydrogen) atoms. The third-order valence-electron chi connectivity index (χ3n) is 4.91. The predicted octanol–water partition coefficient (Wildman–Crippen LogP) is 4.54. The molecule has 0 bridgehead atoms. The van der Waals surface area contributed by atoms with E-state index in [1.54, 1.807) is 0 Å².